The summed E-state index contributed by atoms with van der Waals surface area (Å²) in [6.45, 7) is 2.80. The zero-order valence-electron chi connectivity index (χ0n) is 9.24. The monoisotopic (exact) mass is 205 g/mol. The zero-order valence-corrected chi connectivity index (χ0v) is 9.24. The van der Waals surface area contributed by atoms with E-state index in [2.05, 4.69) is 25.1 Å². The highest BCUT2D eigenvalue weighted by molar-refractivity contribution is 5.38. The van der Waals surface area contributed by atoms with Crippen molar-refractivity contribution in [2.24, 2.45) is 11.7 Å². The minimum Gasteiger partial charge on any atom is -0.388 e. The molecule has 2 atom stereocenters. The Bertz CT molecular complexity index is 348. The first-order chi connectivity index (χ1) is 7.26. The number of aliphatic hydroxyl groups excluding tert-OH is 1. The second-order valence-corrected chi connectivity index (χ2v) is 4.37. The van der Waals surface area contributed by atoms with Crippen LogP contribution in [0.1, 0.15) is 36.1 Å². The molecule has 0 fully saturated rings. The minimum atomic E-state index is -0.296. The summed E-state index contributed by atoms with van der Waals surface area (Å²) in [5.41, 5.74) is 9.29. The van der Waals surface area contributed by atoms with Crippen molar-refractivity contribution in [3.05, 3.63) is 34.9 Å². The van der Waals surface area contributed by atoms with Gasteiger partial charge in [-0.25, -0.2) is 0 Å². The van der Waals surface area contributed by atoms with E-state index >= 15 is 0 Å². The standard InChI is InChI=1S/C13H19NO/c1-2-9-3-4-10-8-11(5-6-14)13(15)12(10)7-9/h3-4,7,11,13,15H,2,5-6,8,14H2,1H3. The fourth-order valence-electron chi connectivity index (χ4n) is 2.45. The third-order valence-electron chi connectivity index (χ3n) is 3.40. The Morgan fingerprint density at radius 1 is 1.47 bits per heavy atom. The Morgan fingerprint density at radius 2 is 2.27 bits per heavy atom. The van der Waals surface area contributed by atoms with E-state index in [-0.39, 0.29) is 6.10 Å². The maximum absolute atomic E-state index is 10.1. The molecule has 1 aromatic carbocycles. The van der Waals surface area contributed by atoms with Gasteiger partial charge in [0, 0.05) is 0 Å². The van der Waals surface area contributed by atoms with Gasteiger partial charge in [-0.15, -0.1) is 0 Å². The predicted octanol–water partition coefficient (Wildman–Crippen LogP) is 1.80. The first kappa shape index (κ1) is 10.7. The molecule has 1 aliphatic carbocycles. The molecule has 1 aromatic rings. The number of hydrogen-bond acceptors (Lipinski definition) is 2. The number of benzene rings is 1. The molecule has 2 unspecified atom stereocenters. The lowest BCUT2D eigenvalue weighted by Gasteiger charge is -2.13. The topological polar surface area (TPSA) is 46.2 Å². The van der Waals surface area contributed by atoms with E-state index in [0.29, 0.717) is 12.5 Å². The highest BCUT2D eigenvalue weighted by atomic mass is 16.3. The van der Waals surface area contributed by atoms with Gasteiger partial charge in [0.05, 0.1) is 6.10 Å². The molecule has 2 nitrogen and oxygen atoms in total. The Kier molecular flexibility index (Phi) is 3.08. The number of aliphatic hydroxyl groups is 1. The number of rotatable bonds is 3. The summed E-state index contributed by atoms with van der Waals surface area (Å²) in [5.74, 6) is 0.331. The van der Waals surface area contributed by atoms with Crippen LogP contribution in [0, 0.1) is 5.92 Å². The van der Waals surface area contributed by atoms with Gasteiger partial charge in [0.25, 0.3) is 0 Å². The van der Waals surface area contributed by atoms with Gasteiger partial charge in [0.2, 0.25) is 0 Å². The lowest BCUT2D eigenvalue weighted by Crippen LogP contribution is -2.12. The van der Waals surface area contributed by atoms with Crippen molar-refractivity contribution in [3.63, 3.8) is 0 Å². The van der Waals surface area contributed by atoms with Crippen LogP contribution in [0.4, 0.5) is 0 Å². The SMILES string of the molecule is CCc1ccc2c(c1)C(O)C(CCN)C2. The molecule has 0 spiro atoms. The largest absolute Gasteiger partial charge is 0.388 e. The van der Waals surface area contributed by atoms with Gasteiger partial charge >= 0.3 is 0 Å². The van der Waals surface area contributed by atoms with Crippen LogP contribution < -0.4 is 5.73 Å². The summed E-state index contributed by atoms with van der Waals surface area (Å²) in [7, 11) is 0. The van der Waals surface area contributed by atoms with Crippen LogP contribution in [-0.2, 0) is 12.8 Å². The van der Waals surface area contributed by atoms with Crippen LogP contribution in [-0.4, -0.2) is 11.7 Å². The van der Waals surface area contributed by atoms with Crippen LogP contribution in [0.2, 0.25) is 0 Å². The van der Waals surface area contributed by atoms with Gasteiger partial charge in [-0.05, 0) is 48.4 Å². The molecule has 2 heteroatoms. The fourth-order valence-corrected chi connectivity index (χ4v) is 2.45. The molecule has 0 radical (unpaired) electrons. The molecule has 0 aliphatic heterocycles. The molecule has 0 saturated heterocycles. The third kappa shape index (κ3) is 1.92. The van der Waals surface area contributed by atoms with Crippen LogP contribution in [0.15, 0.2) is 18.2 Å². The molecular weight excluding hydrogens is 186 g/mol. The molecule has 0 bridgehead atoms. The highest BCUT2D eigenvalue weighted by Gasteiger charge is 2.29. The lowest BCUT2D eigenvalue weighted by atomic mass is 9.99. The zero-order chi connectivity index (χ0) is 10.8. The number of aryl methyl sites for hydroxylation is 1. The first-order valence-electron chi connectivity index (χ1n) is 5.76. The Labute approximate surface area is 91.1 Å². The maximum atomic E-state index is 10.1. The van der Waals surface area contributed by atoms with Crippen molar-refractivity contribution in [2.45, 2.75) is 32.3 Å². The van der Waals surface area contributed by atoms with Crippen LogP contribution in [0.5, 0.6) is 0 Å². The first-order valence-corrected chi connectivity index (χ1v) is 5.76. The van der Waals surface area contributed by atoms with Gasteiger partial charge in [0.1, 0.15) is 0 Å². The summed E-state index contributed by atoms with van der Waals surface area (Å²) in [4.78, 5) is 0. The second kappa shape index (κ2) is 4.33. The maximum Gasteiger partial charge on any atom is 0.0824 e. The summed E-state index contributed by atoms with van der Waals surface area (Å²) < 4.78 is 0. The normalized spacial score (nSPS) is 24.2. The third-order valence-corrected chi connectivity index (χ3v) is 3.40. The van der Waals surface area contributed by atoms with Crippen molar-refractivity contribution in [1.29, 1.82) is 0 Å². The molecule has 0 saturated carbocycles. The van der Waals surface area contributed by atoms with Crippen molar-refractivity contribution in [3.8, 4) is 0 Å². The quantitative estimate of drug-likeness (QED) is 0.790. The summed E-state index contributed by atoms with van der Waals surface area (Å²) >= 11 is 0. The van der Waals surface area contributed by atoms with Crippen molar-refractivity contribution in [2.75, 3.05) is 6.54 Å². The van der Waals surface area contributed by atoms with E-state index in [9.17, 15) is 5.11 Å². The average molecular weight is 205 g/mol. The van der Waals surface area contributed by atoms with Gasteiger partial charge in [-0.3, -0.25) is 0 Å². The van der Waals surface area contributed by atoms with Crippen molar-refractivity contribution < 1.29 is 5.11 Å². The Morgan fingerprint density at radius 3 is 2.93 bits per heavy atom. The van der Waals surface area contributed by atoms with Crippen molar-refractivity contribution >= 4 is 0 Å². The molecule has 82 valence electrons. The van der Waals surface area contributed by atoms with E-state index < -0.39 is 0 Å². The van der Waals surface area contributed by atoms with Crippen LogP contribution in [0.25, 0.3) is 0 Å². The molecule has 3 N–H and O–H groups in total. The molecule has 0 aromatic heterocycles. The van der Waals surface area contributed by atoms with Gasteiger partial charge < -0.3 is 10.8 Å². The Balaban J connectivity index is 2.25. The van der Waals surface area contributed by atoms with E-state index in [1.54, 1.807) is 0 Å². The van der Waals surface area contributed by atoms with E-state index in [0.717, 1.165) is 24.8 Å². The molecule has 2 rings (SSSR count). The minimum absolute atomic E-state index is 0.296. The van der Waals surface area contributed by atoms with Gasteiger partial charge in [0.15, 0.2) is 0 Å². The van der Waals surface area contributed by atoms with E-state index in [4.69, 9.17) is 5.73 Å². The summed E-state index contributed by atoms with van der Waals surface area (Å²) in [6.07, 6.45) is 2.63. The Hall–Kier alpha value is -0.860. The van der Waals surface area contributed by atoms with Crippen LogP contribution in [0.3, 0.4) is 0 Å². The second-order valence-electron chi connectivity index (χ2n) is 4.37. The van der Waals surface area contributed by atoms with Gasteiger partial charge in [-0.1, -0.05) is 25.1 Å². The molecule has 1 aliphatic rings. The number of hydrogen-bond donors (Lipinski definition) is 2. The average Bonchev–Trinajstić information content (AvgIpc) is 2.56. The fraction of sp³-hybridized carbons (Fsp3) is 0.538. The summed E-state index contributed by atoms with van der Waals surface area (Å²) in [5, 5.41) is 10.1. The summed E-state index contributed by atoms with van der Waals surface area (Å²) in [6, 6.07) is 6.47. The predicted molar refractivity (Wildman–Crippen MR) is 61.6 cm³/mol. The number of nitrogens with two attached hydrogens (primary N) is 1. The van der Waals surface area contributed by atoms with Crippen LogP contribution >= 0.6 is 0 Å². The van der Waals surface area contributed by atoms with Crippen molar-refractivity contribution in [1.82, 2.24) is 0 Å². The lowest BCUT2D eigenvalue weighted by molar-refractivity contribution is 0.119. The smallest absolute Gasteiger partial charge is 0.0824 e. The number of fused-ring (bicyclic) bond motifs is 1. The molecule has 0 heterocycles. The van der Waals surface area contributed by atoms with E-state index in [1.165, 1.54) is 11.1 Å². The van der Waals surface area contributed by atoms with E-state index in [1.807, 2.05) is 0 Å². The molecule has 0 amide bonds. The molecule has 15 heavy (non-hydrogen) atoms. The molecular formula is C13H19NO. The highest BCUT2D eigenvalue weighted by Crippen LogP contribution is 2.38. The van der Waals surface area contributed by atoms with Gasteiger partial charge in [-0.2, -0.15) is 0 Å².